The van der Waals surface area contributed by atoms with E-state index in [9.17, 15) is 4.79 Å². The largest absolute Gasteiger partial charge is 0.493 e. The molecule has 1 aromatic rings. The topological polar surface area (TPSA) is 56.8 Å². The van der Waals surface area contributed by atoms with Gasteiger partial charge in [0, 0.05) is 0 Å². The summed E-state index contributed by atoms with van der Waals surface area (Å²) in [6, 6.07) is 4.95. The second-order valence-corrected chi connectivity index (χ2v) is 3.43. The zero-order valence-electron chi connectivity index (χ0n) is 10.4. The number of methoxy groups -OCH3 is 3. The number of nitrogens with one attached hydrogen (secondary N) is 1. The van der Waals surface area contributed by atoms with Crippen molar-refractivity contribution in [1.82, 2.24) is 0 Å². The average molecular weight is 239 g/mol. The molecule has 0 amide bonds. The number of hydrogen-bond donors (Lipinski definition) is 1. The highest BCUT2D eigenvalue weighted by atomic mass is 16.5. The van der Waals surface area contributed by atoms with Gasteiger partial charge in [-0.3, -0.25) is 0 Å². The van der Waals surface area contributed by atoms with Crippen LogP contribution >= 0.6 is 0 Å². The summed E-state index contributed by atoms with van der Waals surface area (Å²) in [5.74, 6) is 0.829. The Morgan fingerprint density at radius 3 is 2.47 bits per heavy atom. The van der Waals surface area contributed by atoms with Crippen LogP contribution in [-0.2, 0) is 9.53 Å². The van der Waals surface area contributed by atoms with E-state index in [1.54, 1.807) is 33.3 Å². The van der Waals surface area contributed by atoms with Crippen molar-refractivity contribution in [3.63, 3.8) is 0 Å². The van der Waals surface area contributed by atoms with Crippen molar-refractivity contribution in [3.05, 3.63) is 18.2 Å². The SMILES string of the molecule is COC(=O)[C@H](C)Nc1cccc(OC)c1OC. The molecule has 0 aromatic heterocycles. The molecule has 5 heteroatoms. The van der Waals surface area contributed by atoms with Crippen LogP contribution in [0.1, 0.15) is 6.92 Å². The first-order valence-corrected chi connectivity index (χ1v) is 5.19. The molecule has 94 valence electrons. The van der Waals surface area contributed by atoms with E-state index in [4.69, 9.17) is 9.47 Å². The number of carbonyl (C=O) groups excluding carboxylic acids is 1. The van der Waals surface area contributed by atoms with Crippen molar-refractivity contribution >= 4 is 11.7 Å². The standard InChI is InChI=1S/C12H17NO4/c1-8(12(14)17-4)13-9-6-5-7-10(15-2)11(9)16-3/h5-8,13H,1-4H3/t8-/m0/s1. The Kier molecular flexibility index (Phi) is 4.63. The Balaban J connectivity index is 2.94. The molecule has 5 nitrogen and oxygen atoms in total. The predicted octanol–water partition coefficient (Wildman–Crippen LogP) is 1.68. The van der Waals surface area contributed by atoms with Crippen LogP contribution in [0.5, 0.6) is 11.5 Å². The fourth-order valence-electron chi connectivity index (χ4n) is 1.47. The molecule has 17 heavy (non-hydrogen) atoms. The number of carbonyl (C=O) groups is 1. The molecular formula is C12H17NO4. The Labute approximate surface area is 101 Å². The first-order valence-electron chi connectivity index (χ1n) is 5.19. The van der Waals surface area contributed by atoms with Crippen LogP contribution in [0.3, 0.4) is 0 Å². The predicted molar refractivity (Wildman–Crippen MR) is 64.6 cm³/mol. The minimum absolute atomic E-state index is 0.338. The fraction of sp³-hybridized carbons (Fsp3) is 0.417. The highest BCUT2D eigenvalue weighted by Crippen LogP contribution is 2.34. The lowest BCUT2D eigenvalue weighted by molar-refractivity contribution is -0.141. The number of hydrogen-bond acceptors (Lipinski definition) is 5. The van der Waals surface area contributed by atoms with Crippen LogP contribution in [0.4, 0.5) is 5.69 Å². The van der Waals surface area contributed by atoms with Crippen molar-refractivity contribution in [3.8, 4) is 11.5 Å². The van der Waals surface area contributed by atoms with Crippen LogP contribution in [-0.4, -0.2) is 33.3 Å². The molecule has 0 aliphatic heterocycles. The van der Waals surface area contributed by atoms with Gasteiger partial charge in [-0.25, -0.2) is 4.79 Å². The summed E-state index contributed by atoms with van der Waals surface area (Å²) >= 11 is 0. The van der Waals surface area contributed by atoms with Gasteiger partial charge >= 0.3 is 5.97 Å². The van der Waals surface area contributed by atoms with Crippen LogP contribution in [0.2, 0.25) is 0 Å². The van der Waals surface area contributed by atoms with Crippen LogP contribution in [0.25, 0.3) is 0 Å². The maximum atomic E-state index is 11.3. The number of para-hydroxylation sites is 1. The van der Waals surface area contributed by atoms with Crippen LogP contribution in [0, 0.1) is 0 Å². The smallest absolute Gasteiger partial charge is 0.327 e. The third-order valence-electron chi connectivity index (χ3n) is 2.33. The molecule has 0 fully saturated rings. The molecule has 1 atom stereocenters. The van der Waals surface area contributed by atoms with Crippen LogP contribution in [0.15, 0.2) is 18.2 Å². The van der Waals surface area contributed by atoms with E-state index < -0.39 is 6.04 Å². The molecule has 0 aliphatic rings. The summed E-state index contributed by atoms with van der Waals surface area (Å²) in [4.78, 5) is 11.3. The number of anilines is 1. The van der Waals surface area contributed by atoms with E-state index in [1.807, 2.05) is 6.07 Å². The van der Waals surface area contributed by atoms with Crippen molar-refractivity contribution in [2.75, 3.05) is 26.6 Å². The zero-order valence-corrected chi connectivity index (χ0v) is 10.4. The van der Waals surface area contributed by atoms with Gasteiger partial charge < -0.3 is 19.5 Å². The van der Waals surface area contributed by atoms with E-state index in [2.05, 4.69) is 10.1 Å². The monoisotopic (exact) mass is 239 g/mol. The molecule has 0 radical (unpaired) electrons. The normalized spacial score (nSPS) is 11.5. The summed E-state index contributed by atoms with van der Waals surface area (Å²) in [6.07, 6.45) is 0. The molecule has 0 bridgehead atoms. The Morgan fingerprint density at radius 1 is 1.24 bits per heavy atom. The van der Waals surface area contributed by atoms with Crippen LogP contribution < -0.4 is 14.8 Å². The summed E-state index contributed by atoms with van der Waals surface area (Å²) < 4.78 is 15.0. The van der Waals surface area contributed by atoms with Crippen molar-refractivity contribution in [1.29, 1.82) is 0 Å². The summed E-state index contributed by atoms with van der Waals surface area (Å²) in [6.45, 7) is 1.71. The second kappa shape index (κ2) is 5.98. The van der Waals surface area contributed by atoms with Gasteiger partial charge in [0.1, 0.15) is 6.04 Å². The molecule has 0 heterocycles. The van der Waals surface area contributed by atoms with Crippen molar-refractivity contribution in [2.45, 2.75) is 13.0 Å². The van der Waals surface area contributed by atoms with Gasteiger partial charge in [-0.15, -0.1) is 0 Å². The highest BCUT2D eigenvalue weighted by molar-refractivity contribution is 5.80. The van der Waals surface area contributed by atoms with E-state index in [-0.39, 0.29) is 5.97 Å². The average Bonchev–Trinajstić information content (AvgIpc) is 2.37. The molecule has 0 aliphatic carbocycles. The third kappa shape index (κ3) is 3.03. The van der Waals surface area contributed by atoms with E-state index in [1.165, 1.54) is 7.11 Å². The molecule has 0 saturated carbocycles. The van der Waals surface area contributed by atoms with Gasteiger partial charge in [0.05, 0.1) is 27.0 Å². The first kappa shape index (κ1) is 13.2. The third-order valence-corrected chi connectivity index (χ3v) is 2.33. The fourth-order valence-corrected chi connectivity index (χ4v) is 1.47. The van der Waals surface area contributed by atoms with Gasteiger partial charge in [-0.05, 0) is 19.1 Å². The van der Waals surface area contributed by atoms with Gasteiger partial charge in [0.15, 0.2) is 11.5 Å². The minimum Gasteiger partial charge on any atom is -0.493 e. The van der Waals surface area contributed by atoms with E-state index in [0.29, 0.717) is 17.2 Å². The molecule has 0 saturated heterocycles. The Hall–Kier alpha value is -1.91. The number of esters is 1. The Bertz CT molecular complexity index is 392. The lowest BCUT2D eigenvalue weighted by Crippen LogP contribution is -2.27. The van der Waals surface area contributed by atoms with Gasteiger partial charge in [0.2, 0.25) is 0 Å². The second-order valence-electron chi connectivity index (χ2n) is 3.43. The zero-order chi connectivity index (χ0) is 12.8. The maximum absolute atomic E-state index is 11.3. The maximum Gasteiger partial charge on any atom is 0.327 e. The highest BCUT2D eigenvalue weighted by Gasteiger charge is 2.16. The summed E-state index contributed by atoms with van der Waals surface area (Å²) in [5.41, 5.74) is 0.685. The van der Waals surface area contributed by atoms with Gasteiger partial charge in [0.25, 0.3) is 0 Å². The number of benzene rings is 1. The van der Waals surface area contributed by atoms with E-state index >= 15 is 0 Å². The molecule has 0 unspecified atom stereocenters. The lowest BCUT2D eigenvalue weighted by Gasteiger charge is -2.17. The van der Waals surface area contributed by atoms with Gasteiger partial charge in [-0.2, -0.15) is 0 Å². The van der Waals surface area contributed by atoms with Gasteiger partial charge in [-0.1, -0.05) is 6.07 Å². The number of ether oxygens (including phenoxy) is 3. The number of rotatable bonds is 5. The molecule has 1 N–H and O–H groups in total. The first-order chi connectivity index (χ1) is 8.13. The lowest BCUT2D eigenvalue weighted by atomic mass is 10.2. The quantitative estimate of drug-likeness (QED) is 0.792. The molecular weight excluding hydrogens is 222 g/mol. The Morgan fingerprint density at radius 2 is 1.94 bits per heavy atom. The van der Waals surface area contributed by atoms with E-state index in [0.717, 1.165) is 0 Å². The molecule has 1 rings (SSSR count). The van der Waals surface area contributed by atoms with Crippen molar-refractivity contribution in [2.24, 2.45) is 0 Å². The summed E-state index contributed by atoms with van der Waals surface area (Å²) in [7, 11) is 4.46. The minimum atomic E-state index is -0.457. The van der Waals surface area contributed by atoms with Crippen molar-refractivity contribution < 1.29 is 19.0 Å². The molecule has 0 spiro atoms. The summed E-state index contributed by atoms with van der Waals surface area (Å²) in [5, 5.41) is 3.01. The molecule has 1 aromatic carbocycles.